The highest BCUT2D eigenvalue weighted by molar-refractivity contribution is 5.38. The van der Waals surface area contributed by atoms with E-state index in [4.69, 9.17) is 9.47 Å². The molecule has 1 aromatic rings. The Kier molecular flexibility index (Phi) is 5.09. The van der Waals surface area contributed by atoms with Gasteiger partial charge >= 0.3 is 0 Å². The Bertz CT molecular complexity index is 496. The summed E-state index contributed by atoms with van der Waals surface area (Å²) in [6.07, 6.45) is -6.40. The van der Waals surface area contributed by atoms with Crippen molar-refractivity contribution in [3.63, 3.8) is 0 Å². The van der Waals surface area contributed by atoms with Crippen LogP contribution in [-0.4, -0.2) is 57.7 Å². The zero-order chi connectivity index (χ0) is 16.5. The molecule has 6 heteroatoms. The fraction of sp³-hybridized carbons (Fsp3) is 0.625. The normalized spacial score (nSPS) is 32.8. The van der Waals surface area contributed by atoms with Crippen molar-refractivity contribution in [3.8, 4) is 5.75 Å². The second kappa shape index (κ2) is 6.52. The fourth-order valence-corrected chi connectivity index (χ4v) is 2.48. The molecule has 4 N–H and O–H groups in total. The smallest absolute Gasteiger partial charge is 0.229 e. The molecule has 0 unspecified atom stereocenters. The first kappa shape index (κ1) is 17.2. The van der Waals surface area contributed by atoms with Gasteiger partial charge in [-0.05, 0) is 17.0 Å². The number of aliphatic hydroxyl groups excluding tert-OH is 4. The van der Waals surface area contributed by atoms with Gasteiger partial charge in [-0.1, -0.05) is 39.0 Å². The van der Waals surface area contributed by atoms with Crippen molar-refractivity contribution >= 4 is 0 Å². The third-order valence-corrected chi connectivity index (χ3v) is 3.79. The van der Waals surface area contributed by atoms with Gasteiger partial charge in [0.25, 0.3) is 0 Å². The quantitative estimate of drug-likeness (QED) is 0.635. The minimum absolute atomic E-state index is 0.176. The maximum absolute atomic E-state index is 10.0. The van der Waals surface area contributed by atoms with Gasteiger partial charge in [-0.2, -0.15) is 0 Å². The summed E-state index contributed by atoms with van der Waals surface area (Å²) in [5.74, 6) is 0.527. The van der Waals surface area contributed by atoms with E-state index in [-0.39, 0.29) is 5.41 Å². The summed E-state index contributed by atoms with van der Waals surface area (Å²) in [6, 6.07) is 7.36. The van der Waals surface area contributed by atoms with Gasteiger partial charge in [-0.3, -0.25) is 0 Å². The summed E-state index contributed by atoms with van der Waals surface area (Å²) in [6.45, 7) is 5.61. The van der Waals surface area contributed by atoms with Gasteiger partial charge in [0.1, 0.15) is 30.2 Å². The van der Waals surface area contributed by atoms with E-state index >= 15 is 0 Å². The highest BCUT2D eigenvalue weighted by Crippen LogP contribution is 2.33. The lowest BCUT2D eigenvalue weighted by Crippen LogP contribution is -2.60. The van der Waals surface area contributed by atoms with E-state index in [1.54, 1.807) is 12.1 Å². The van der Waals surface area contributed by atoms with Crippen LogP contribution in [0, 0.1) is 0 Å². The van der Waals surface area contributed by atoms with Gasteiger partial charge in [0.05, 0.1) is 6.61 Å². The molecule has 0 aromatic heterocycles. The lowest BCUT2D eigenvalue weighted by Gasteiger charge is -2.40. The number of hydrogen-bond acceptors (Lipinski definition) is 6. The van der Waals surface area contributed by atoms with Crippen molar-refractivity contribution < 1.29 is 29.9 Å². The Hall–Kier alpha value is -1.18. The Morgan fingerprint density at radius 2 is 1.68 bits per heavy atom. The van der Waals surface area contributed by atoms with E-state index in [0.29, 0.717) is 5.75 Å². The number of ether oxygens (including phenoxy) is 2. The standard InChI is InChI=1S/C16H24O6/c1-16(2,3)9-6-4-5-7-10(9)21-15-14(20)13(19)12(18)11(8-17)22-15/h4-7,11-15,17-20H,8H2,1-3H3/t11-,12-,13-,14-,15-/m1/s1. The average Bonchev–Trinajstić information content (AvgIpc) is 2.47. The highest BCUT2D eigenvalue weighted by Gasteiger charge is 2.45. The van der Waals surface area contributed by atoms with Crippen molar-refractivity contribution in [2.24, 2.45) is 0 Å². The predicted molar refractivity (Wildman–Crippen MR) is 79.5 cm³/mol. The number of hydrogen-bond donors (Lipinski definition) is 4. The van der Waals surface area contributed by atoms with Gasteiger partial charge in [0, 0.05) is 0 Å². The molecule has 22 heavy (non-hydrogen) atoms. The van der Waals surface area contributed by atoms with Crippen LogP contribution in [0.1, 0.15) is 26.3 Å². The molecule has 1 aromatic carbocycles. The minimum atomic E-state index is -1.45. The van der Waals surface area contributed by atoms with Gasteiger partial charge < -0.3 is 29.9 Å². The largest absolute Gasteiger partial charge is 0.462 e. The molecule has 0 radical (unpaired) electrons. The number of aliphatic hydroxyl groups is 4. The summed E-state index contributed by atoms with van der Waals surface area (Å²) in [4.78, 5) is 0. The van der Waals surface area contributed by atoms with E-state index < -0.39 is 37.3 Å². The van der Waals surface area contributed by atoms with E-state index in [0.717, 1.165) is 5.56 Å². The van der Waals surface area contributed by atoms with Gasteiger partial charge in [-0.25, -0.2) is 0 Å². The van der Waals surface area contributed by atoms with Crippen LogP contribution in [0.4, 0.5) is 0 Å². The fourth-order valence-electron chi connectivity index (χ4n) is 2.48. The molecule has 2 rings (SSSR count). The van der Waals surface area contributed by atoms with Gasteiger partial charge in [0.15, 0.2) is 0 Å². The molecule has 0 saturated carbocycles. The topological polar surface area (TPSA) is 99.4 Å². The second-order valence-electron chi connectivity index (χ2n) is 6.56. The molecule has 0 bridgehead atoms. The van der Waals surface area contributed by atoms with Crippen LogP contribution in [0.25, 0.3) is 0 Å². The molecular weight excluding hydrogens is 288 g/mol. The summed E-state index contributed by atoms with van der Waals surface area (Å²) in [5.41, 5.74) is 0.747. The molecule has 124 valence electrons. The van der Waals surface area contributed by atoms with Crippen LogP contribution >= 0.6 is 0 Å². The third-order valence-electron chi connectivity index (χ3n) is 3.79. The monoisotopic (exact) mass is 312 g/mol. The van der Waals surface area contributed by atoms with Gasteiger partial charge in [-0.15, -0.1) is 0 Å². The lowest BCUT2D eigenvalue weighted by molar-refractivity contribution is -0.277. The first-order valence-corrected chi connectivity index (χ1v) is 7.32. The Morgan fingerprint density at radius 1 is 1.05 bits per heavy atom. The summed E-state index contributed by atoms with van der Waals surface area (Å²) >= 11 is 0. The average molecular weight is 312 g/mol. The number of rotatable bonds is 3. The molecule has 0 spiro atoms. The van der Waals surface area contributed by atoms with E-state index in [2.05, 4.69) is 0 Å². The molecule has 1 aliphatic rings. The molecule has 0 amide bonds. The van der Waals surface area contributed by atoms with Crippen molar-refractivity contribution in [1.29, 1.82) is 0 Å². The van der Waals surface area contributed by atoms with E-state index in [9.17, 15) is 20.4 Å². The SMILES string of the molecule is CC(C)(C)c1ccccc1O[C@@H]1O[C@H](CO)[C@@H](O)[C@@H](O)[C@H]1O. The lowest BCUT2D eigenvalue weighted by atomic mass is 9.86. The van der Waals surface area contributed by atoms with Crippen molar-refractivity contribution in [3.05, 3.63) is 29.8 Å². The first-order valence-electron chi connectivity index (χ1n) is 7.32. The van der Waals surface area contributed by atoms with Crippen LogP contribution in [0.15, 0.2) is 24.3 Å². The van der Waals surface area contributed by atoms with Gasteiger partial charge in [0.2, 0.25) is 6.29 Å². The van der Waals surface area contributed by atoms with Crippen LogP contribution in [0.2, 0.25) is 0 Å². The highest BCUT2D eigenvalue weighted by atomic mass is 16.7. The van der Waals surface area contributed by atoms with E-state index in [1.165, 1.54) is 0 Å². The minimum Gasteiger partial charge on any atom is -0.462 e. The van der Waals surface area contributed by atoms with Crippen LogP contribution in [-0.2, 0) is 10.2 Å². The Balaban J connectivity index is 2.23. The molecule has 1 heterocycles. The van der Waals surface area contributed by atoms with Crippen LogP contribution in [0.3, 0.4) is 0 Å². The maximum Gasteiger partial charge on any atom is 0.229 e. The van der Waals surface area contributed by atoms with Crippen LogP contribution in [0.5, 0.6) is 5.75 Å². The van der Waals surface area contributed by atoms with Crippen molar-refractivity contribution in [1.82, 2.24) is 0 Å². The molecule has 1 aliphatic heterocycles. The second-order valence-corrected chi connectivity index (χ2v) is 6.56. The molecule has 1 fully saturated rings. The van der Waals surface area contributed by atoms with E-state index in [1.807, 2.05) is 32.9 Å². The number of para-hydroxylation sites is 1. The van der Waals surface area contributed by atoms with Crippen LogP contribution < -0.4 is 4.74 Å². The molecule has 6 nitrogen and oxygen atoms in total. The summed E-state index contributed by atoms with van der Waals surface area (Å²) < 4.78 is 11.1. The third kappa shape index (κ3) is 3.42. The molecule has 5 atom stereocenters. The molecule has 0 aliphatic carbocycles. The number of benzene rings is 1. The zero-order valence-electron chi connectivity index (χ0n) is 13.0. The van der Waals surface area contributed by atoms with Crippen molar-refractivity contribution in [2.45, 2.75) is 56.9 Å². The maximum atomic E-state index is 10.0. The zero-order valence-corrected chi connectivity index (χ0v) is 13.0. The Labute approximate surface area is 129 Å². The predicted octanol–water partition coefficient (Wildman–Crippen LogP) is 0.163. The molecular formula is C16H24O6. The summed E-state index contributed by atoms with van der Waals surface area (Å²) in [5, 5.41) is 38.8. The summed E-state index contributed by atoms with van der Waals surface area (Å²) in [7, 11) is 0. The molecule has 1 saturated heterocycles. The Morgan fingerprint density at radius 3 is 2.27 bits per heavy atom. The first-order chi connectivity index (χ1) is 10.3. The van der Waals surface area contributed by atoms with Crippen molar-refractivity contribution in [2.75, 3.05) is 6.61 Å².